The van der Waals surface area contributed by atoms with Gasteiger partial charge in [-0.05, 0) is 37.5 Å². The van der Waals surface area contributed by atoms with E-state index in [1.54, 1.807) is 0 Å². The van der Waals surface area contributed by atoms with Gasteiger partial charge in [-0.1, -0.05) is 73.6 Å². The van der Waals surface area contributed by atoms with Gasteiger partial charge >= 0.3 is 0 Å². The molecule has 3 aromatic rings. The van der Waals surface area contributed by atoms with Crippen molar-refractivity contribution < 1.29 is 9.21 Å². The molecule has 1 heterocycles. The molecule has 0 aliphatic carbocycles. The summed E-state index contributed by atoms with van der Waals surface area (Å²) in [6.45, 7) is 5.97. The summed E-state index contributed by atoms with van der Waals surface area (Å²) in [4.78, 5) is 12.7. The molecule has 6 heteroatoms. The molecular formula is C22H25N3O2S. The molecule has 0 saturated heterocycles. The van der Waals surface area contributed by atoms with E-state index in [-0.39, 0.29) is 17.2 Å². The van der Waals surface area contributed by atoms with Crippen molar-refractivity contribution in [1.82, 2.24) is 15.5 Å². The van der Waals surface area contributed by atoms with E-state index in [1.807, 2.05) is 68.4 Å². The Labute approximate surface area is 170 Å². The number of aryl methyl sites for hydroxylation is 1. The fourth-order valence-electron chi connectivity index (χ4n) is 2.97. The molecule has 0 radical (unpaired) electrons. The average molecular weight is 396 g/mol. The minimum absolute atomic E-state index is 0.00645. The normalized spacial score (nSPS) is 13.1. The minimum Gasteiger partial charge on any atom is -0.411 e. The number of thioether (sulfide) groups is 1. The highest BCUT2D eigenvalue weighted by Crippen LogP contribution is 2.28. The molecule has 0 aliphatic rings. The van der Waals surface area contributed by atoms with Crippen LogP contribution in [-0.4, -0.2) is 21.4 Å². The molecule has 146 valence electrons. The van der Waals surface area contributed by atoms with Crippen LogP contribution in [0.1, 0.15) is 43.9 Å². The van der Waals surface area contributed by atoms with Gasteiger partial charge < -0.3 is 9.73 Å². The smallest absolute Gasteiger partial charge is 0.277 e. The Morgan fingerprint density at radius 1 is 1.11 bits per heavy atom. The number of carbonyl (C=O) groups is 1. The molecule has 1 amide bonds. The number of hydrogen-bond donors (Lipinski definition) is 1. The van der Waals surface area contributed by atoms with E-state index in [4.69, 9.17) is 4.42 Å². The Bertz CT molecular complexity index is 911. The zero-order valence-electron chi connectivity index (χ0n) is 16.4. The van der Waals surface area contributed by atoms with Crippen LogP contribution in [0, 0.1) is 6.92 Å². The van der Waals surface area contributed by atoms with Crippen LogP contribution in [0.15, 0.2) is 64.2 Å². The maximum atomic E-state index is 12.7. The minimum atomic E-state index is -0.340. The van der Waals surface area contributed by atoms with Crippen molar-refractivity contribution in [2.75, 3.05) is 0 Å². The number of nitrogens with zero attached hydrogens (tertiary/aromatic N) is 2. The zero-order chi connectivity index (χ0) is 19.9. The van der Waals surface area contributed by atoms with E-state index < -0.39 is 0 Å². The lowest BCUT2D eigenvalue weighted by atomic mass is 10.0. The fourth-order valence-corrected chi connectivity index (χ4v) is 3.66. The van der Waals surface area contributed by atoms with Crippen molar-refractivity contribution >= 4 is 17.7 Å². The van der Waals surface area contributed by atoms with E-state index in [0.29, 0.717) is 11.1 Å². The van der Waals surface area contributed by atoms with E-state index in [2.05, 4.69) is 22.4 Å². The second-order valence-electron chi connectivity index (χ2n) is 6.71. The average Bonchev–Trinajstić information content (AvgIpc) is 3.16. The number of hydrogen-bond acceptors (Lipinski definition) is 5. The summed E-state index contributed by atoms with van der Waals surface area (Å²) in [6, 6.07) is 17.9. The fraction of sp³-hybridized carbons (Fsp3) is 0.318. The van der Waals surface area contributed by atoms with Crippen LogP contribution in [0.25, 0.3) is 11.5 Å². The number of rotatable bonds is 8. The molecule has 2 aromatic carbocycles. The van der Waals surface area contributed by atoms with E-state index in [0.717, 1.165) is 29.5 Å². The van der Waals surface area contributed by atoms with Gasteiger partial charge in [-0.2, -0.15) is 0 Å². The standard InChI is InChI=1S/C22H25N3O2S/c1-4-10-19(17-12-6-5-7-13-17)23-20(26)16(3)28-22-25-24-21(27-22)18-14-9-8-11-15(18)2/h5-9,11-14,16,19H,4,10H2,1-3H3,(H,23,26)/t16-,19+/m0/s1. The second-order valence-corrected chi connectivity index (χ2v) is 8.00. The first-order chi connectivity index (χ1) is 13.6. The molecule has 0 saturated carbocycles. The predicted octanol–water partition coefficient (Wildman–Crippen LogP) is 5.18. The zero-order valence-corrected chi connectivity index (χ0v) is 17.2. The van der Waals surface area contributed by atoms with Gasteiger partial charge in [-0.3, -0.25) is 4.79 Å². The Kier molecular flexibility index (Phi) is 6.87. The van der Waals surface area contributed by atoms with Gasteiger partial charge in [0.15, 0.2) is 0 Å². The van der Waals surface area contributed by atoms with Crippen molar-refractivity contribution in [3.63, 3.8) is 0 Å². The molecule has 0 aliphatic heterocycles. The van der Waals surface area contributed by atoms with Gasteiger partial charge in [0.2, 0.25) is 11.8 Å². The van der Waals surface area contributed by atoms with E-state index in [9.17, 15) is 4.79 Å². The molecule has 0 bridgehead atoms. The molecule has 0 unspecified atom stereocenters. The van der Waals surface area contributed by atoms with Crippen LogP contribution in [0.4, 0.5) is 0 Å². The van der Waals surface area contributed by atoms with Crippen LogP contribution >= 0.6 is 11.8 Å². The molecule has 3 rings (SSSR count). The maximum Gasteiger partial charge on any atom is 0.277 e. The number of aromatic nitrogens is 2. The third-order valence-corrected chi connectivity index (χ3v) is 5.46. The quantitative estimate of drug-likeness (QED) is 0.532. The third kappa shape index (κ3) is 5.01. The summed E-state index contributed by atoms with van der Waals surface area (Å²) in [5, 5.41) is 11.4. The van der Waals surface area contributed by atoms with Crippen LogP contribution in [-0.2, 0) is 4.79 Å². The lowest BCUT2D eigenvalue weighted by Gasteiger charge is -2.20. The van der Waals surface area contributed by atoms with Crippen molar-refractivity contribution in [3.05, 3.63) is 65.7 Å². The molecule has 0 spiro atoms. The molecule has 1 N–H and O–H groups in total. The van der Waals surface area contributed by atoms with Crippen molar-refractivity contribution in [3.8, 4) is 11.5 Å². The van der Waals surface area contributed by atoms with Crippen LogP contribution in [0.5, 0.6) is 0 Å². The van der Waals surface area contributed by atoms with Gasteiger partial charge in [0.25, 0.3) is 5.22 Å². The van der Waals surface area contributed by atoms with Gasteiger partial charge in [0, 0.05) is 5.56 Å². The molecule has 5 nitrogen and oxygen atoms in total. The van der Waals surface area contributed by atoms with Crippen LogP contribution in [0.2, 0.25) is 0 Å². The molecule has 1 aromatic heterocycles. The van der Waals surface area contributed by atoms with Gasteiger partial charge in [-0.15, -0.1) is 10.2 Å². The Balaban J connectivity index is 1.65. The maximum absolute atomic E-state index is 12.7. The summed E-state index contributed by atoms with van der Waals surface area (Å²) in [6.07, 6.45) is 1.88. The monoisotopic (exact) mass is 395 g/mol. The Hall–Kier alpha value is -2.60. The first-order valence-corrected chi connectivity index (χ1v) is 10.4. The van der Waals surface area contributed by atoms with Gasteiger partial charge in [0.1, 0.15) is 0 Å². The van der Waals surface area contributed by atoms with Crippen molar-refractivity contribution in [1.29, 1.82) is 0 Å². The van der Waals surface area contributed by atoms with Gasteiger partial charge in [-0.25, -0.2) is 0 Å². The number of carbonyl (C=O) groups excluding carboxylic acids is 1. The highest BCUT2D eigenvalue weighted by molar-refractivity contribution is 8.00. The van der Waals surface area contributed by atoms with E-state index >= 15 is 0 Å². The largest absolute Gasteiger partial charge is 0.411 e. The summed E-state index contributed by atoms with van der Waals surface area (Å²) < 4.78 is 5.77. The number of benzene rings is 2. The highest BCUT2D eigenvalue weighted by Gasteiger charge is 2.22. The highest BCUT2D eigenvalue weighted by atomic mass is 32.2. The first kappa shape index (κ1) is 20.1. The molecule has 0 fully saturated rings. The molecule has 2 atom stereocenters. The second kappa shape index (κ2) is 9.55. The van der Waals surface area contributed by atoms with Crippen LogP contribution < -0.4 is 5.32 Å². The summed E-state index contributed by atoms with van der Waals surface area (Å²) in [5.41, 5.74) is 3.10. The third-order valence-electron chi connectivity index (χ3n) is 4.52. The van der Waals surface area contributed by atoms with Crippen molar-refractivity contribution in [2.45, 2.75) is 50.1 Å². The lowest BCUT2D eigenvalue weighted by molar-refractivity contribution is -0.121. The van der Waals surface area contributed by atoms with E-state index in [1.165, 1.54) is 11.8 Å². The number of amides is 1. The molecule has 28 heavy (non-hydrogen) atoms. The Morgan fingerprint density at radius 3 is 2.54 bits per heavy atom. The van der Waals surface area contributed by atoms with Crippen LogP contribution in [0.3, 0.4) is 0 Å². The topological polar surface area (TPSA) is 68.0 Å². The number of nitrogens with one attached hydrogen (secondary N) is 1. The summed E-state index contributed by atoms with van der Waals surface area (Å²) >= 11 is 1.28. The first-order valence-electron chi connectivity index (χ1n) is 9.50. The van der Waals surface area contributed by atoms with Gasteiger partial charge in [0.05, 0.1) is 11.3 Å². The summed E-state index contributed by atoms with van der Waals surface area (Å²) in [5.74, 6) is 0.435. The predicted molar refractivity (Wildman–Crippen MR) is 112 cm³/mol. The lowest BCUT2D eigenvalue weighted by Crippen LogP contribution is -2.34. The summed E-state index contributed by atoms with van der Waals surface area (Å²) in [7, 11) is 0. The molecular weight excluding hydrogens is 370 g/mol. The Morgan fingerprint density at radius 2 is 1.82 bits per heavy atom. The SMILES string of the molecule is CCC[C@@H](NC(=O)[C@H](C)Sc1nnc(-c2ccccc2C)o1)c1ccccc1. The van der Waals surface area contributed by atoms with Crippen molar-refractivity contribution in [2.24, 2.45) is 0 Å².